The molecule has 0 saturated heterocycles. The van der Waals surface area contributed by atoms with Crippen LogP contribution in [0.3, 0.4) is 0 Å². The molecule has 0 aliphatic heterocycles. The smallest absolute Gasteiger partial charge is 0.0903 e. The second-order valence-electron chi connectivity index (χ2n) is 3.76. The van der Waals surface area contributed by atoms with Gasteiger partial charge in [-0.2, -0.15) is 5.26 Å². The van der Waals surface area contributed by atoms with E-state index in [-0.39, 0.29) is 6.42 Å². The molecule has 0 aliphatic rings. The molecule has 1 heterocycles. The second-order valence-corrected chi connectivity index (χ2v) is 5.38. The highest BCUT2D eigenvalue weighted by molar-refractivity contribution is 6.44. The number of aromatic nitrogens is 1. The van der Waals surface area contributed by atoms with E-state index in [0.29, 0.717) is 31.3 Å². The van der Waals surface area contributed by atoms with Gasteiger partial charge >= 0.3 is 0 Å². The fraction of sp³-hybridized carbons (Fsp3) is 0.0769. The zero-order valence-electron chi connectivity index (χ0n) is 9.42. The summed E-state index contributed by atoms with van der Waals surface area (Å²) in [6, 6.07) is 6.88. The van der Waals surface area contributed by atoms with Gasteiger partial charge < -0.3 is 0 Å². The molecule has 0 bridgehead atoms. The summed E-state index contributed by atoms with van der Waals surface area (Å²) >= 11 is 24.1. The largest absolute Gasteiger partial charge is 0.254 e. The molecule has 0 spiro atoms. The number of pyridine rings is 1. The number of nitriles is 1. The molecular weight excluding hydrogens is 326 g/mol. The van der Waals surface area contributed by atoms with Gasteiger partial charge in [0.2, 0.25) is 0 Å². The molecule has 0 unspecified atom stereocenters. The first kappa shape index (κ1) is 14.4. The van der Waals surface area contributed by atoms with Crippen LogP contribution >= 0.6 is 46.4 Å². The minimum Gasteiger partial charge on any atom is -0.254 e. The van der Waals surface area contributed by atoms with Crippen molar-refractivity contribution in [3.63, 3.8) is 0 Å². The van der Waals surface area contributed by atoms with Crippen LogP contribution in [0, 0.1) is 11.3 Å². The minimum absolute atomic E-state index is 0.252. The van der Waals surface area contributed by atoms with Gasteiger partial charge in [-0.3, -0.25) is 4.98 Å². The van der Waals surface area contributed by atoms with Crippen molar-refractivity contribution >= 4 is 46.4 Å². The average molecular weight is 332 g/mol. The van der Waals surface area contributed by atoms with Crippen molar-refractivity contribution in [3.05, 3.63) is 50.0 Å². The van der Waals surface area contributed by atoms with E-state index in [9.17, 15) is 0 Å². The predicted molar refractivity (Wildman–Crippen MR) is 79.0 cm³/mol. The van der Waals surface area contributed by atoms with Crippen molar-refractivity contribution in [2.24, 2.45) is 0 Å². The fourth-order valence-corrected chi connectivity index (χ4v) is 2.49. The molecule has 0 saturated carbocycles. The second kappa shape index (κ2) is 5.98. The zero-order chi connectivity index (χ0) is 14.0. The lowest BCUT2D eigenvalue weighted by Gasteiger charge is -2.08. The normalized spacial score (nSPS) is 10.3. The summed E-state index contributed by atoms with van der Waals surface area (Å²) in [5.74, 6) is 0. The van der Waals surface area contributed by atoms with Crippen molar-refractivity contribution in [3.8, 4) is 17.3 Å². The lowest BCUT2D eigenvalue weighted by molar-refractivity contribution is 1.19. The molecule has 0 amide bonds. The third kappa shape index (κ3) is 3.13. The number of nitrogens with zero attached hydrogens (tertiary/aromatic N) is 2. The summed E-state index contributed by atoms with van der Waals surface area (Å²) in [5, 5.41) is 10.2. The molecular formula is C13H6Cl4N2. The Hall–Kier alpha value is -0.980. The first-order valence-electron chi connectivity index (χ1n) is 5.19. The number of rotatable bonds is 2. The first-order valence-corrected chi connectivity index (χ1v) is 6.70. The molecule has 19 heavy (non-hydrogen) atoms. The van der Waals surface area contributed by atoms with Crippen molar-refractivity contribution in [2.75, 3.05) is 0 Å². The molecule has 1 aromatic heterocycles. The van der Waals surface area contributed by atoms with E-state index < -0.39 is 0 Å². The Bertz CT molecular complexity index is 677. The van der Waals surface area contributed by atoms with Crippen LogP contribution < -0.4 is 0 Å². The lowest BCUT2D eigenvalue weighted by atomic mass is 10.1. The van der Waals surface area contributed by atoms with E-state index in [2.05, 4.69) is 4.98 Å². The summed E-state index contributed by atoms with van der Waals surface area (Å²) < 4.78 is 0. The summed E-state index contributed by atoms with van der Waals surface area (Å²) in [6.07, 6.45) is 1.84. The monoisotopic (exact) mass is 330 g/mol. The van der Waals surface area contributed by atoms with Crippen LogP contribution in [0.25, 0.3) is 11.3 Å². The van der Waals surface area contributed by atoms with Gasteiger partial charge in [-0.1, -0.05) is 46.4 Å². The highest BCUT2D eigenvalue weighted by Crippen LogP contribution is 2.37. The van der Waals surface area contributed by atoms with Crippen molar-refractivity contribution in [1.29, 1.82) is 5.26 Å². The molecule has 6 heteroatoms. The zero-order valence-corrected chi connectivity index (χ0v) is 12.4. The van der Waals surface area contributed by atoms with Gasteiger partial charge in [-0.25, -0.2) is 0 Å². The van der Waals surface area contributed by atoms with Gasteiger partial charge in [0.15, 0.2) is 0 Å². The maximum absolute atomic E-state index is 8.63. The average Bonchev–Trinajstić information content (AvgIpc) is 2.35. The van der Waals surface area contributed by atoms with Crippen LogP contribution in [0.1, 0.15) is 5.56 Å². The maximum atomic E-state index is 8.63. The standard InChI is InChI=1S/C13H6Cl4N2/c14-9-5-11(16)10(15)4-8(9)13-12(17)3-7(1-2-18)6-19-13/h3-6H,1H2. The Labute approximate surface area is 130 Å². The molecule has 2 rings (SSSR count). The van der Waals surface area contributed by atoms with E-state index in [1.165, 1.54) is 0 Å². The maximum Gasteiger partial charge on any atom is 0.0903 e. The summed E-state index contributed by atoms with van der Waals surface area (Å²) in [5.41, 5.74) is 1.85. The van der Waals surface area contributed by atoms with Crippen LogP contribution in [-0.4, -0.2) is 4.98 Å². The number of benzene rings is 1. The van der Waals surface area contributed by atoms with Gasteiger partial charge in [0.05, 0.1) is 38.3 Å². The topological polar surface area (TPSA) is 36.7 Å². The van der Waals surface area contributed by atoms with Crippen molar-refractivity contribution in [1.82, 2.24) is 4.98 Å². The number of hydrogen-bond donors (Lipinski definition) is 0. The van der Waals surface area contributed by atoms with Crippen LogP contribution in [0.15, 0.2) is 24.4 Å². The predicted octanol–water partition coefficient (Wildman–Crippen LogP) is 5.43. The molecule has 2 nitrogen and oxygen atoms in total. The Balaban J connectivity index is 2.54. The van der Waals surface area contributed by atoms with Gasteiger partial charge in [-0.05, 0) is 23.8 Å². The van der Waals surface area contributed by atoms with Gasteiger partial charge in [0, 0.05) is 11.8 Å². The SMILES string of the molecule is N#CCc1cnc(-c2cc(Cl)c(Cl)cc2Cl)c(Cl)c1. The third-order valence-corrected chi connectivity index (χ3v) is 3.77. The van der Waals surface area contributed by atoms with Crippen LogP contribution in [0.4, 0.5) is 0 Å². The quantitative estimate of drug-likeness (QED) is 0.688. The van der Waals surface area contributed by atoms with E-state index in [0.717, 1.165) is 5.56 Å². The van der Waals surface area contributed by atoms with Gasteiger partial charge in [0.25, 0.3) is 0 Å². The molecule has 2 aromatic rings. The summed E-state index contributed by atoms with van der Waals surface area (Å²) in [4.78, 5) is 4.23. The van der Waals surface area contributed by atoms with Crippen molar-refractivity contribution < 1.29 is 0 Å². The summed E-state index contributed by atoms with van der Waals surface area (Å²) in [7, 11) is 0. The van der Waals surface area contributed by atoms with E-state index >= 15 is 0 Å². The molecule has 0 radical (unpaired) electrons. The molecule has 1 aromatic carbocycles. The summed E-state index contributed by atoms with van der Waals surface area (Å²) in [6.45, 7) is 0. The number of halogens is 4. The van der Waals surface area contributed by atoms with E-state index in [1.807, 2.05) is 6.07 Å². The highest BCUT2D eigenvalue weighted by atomic mass is 35.5. The molecule has 0 fully saturated rings. The van der Waals surface area contributed by atoms with Crippen LogP contribution in [0.5, 0.6) is 0 Å². The Morgan fingerprint density at radius 3 is 2.26 bits per heavy atom. The molecule has 96 valence electrons. The van der Waals surface area contributed by atoms with Crippen molar-refractivity contribution in [2.45, 2.75) is 6.42 Å². The lowest BCUT2D eigenvalue weighted by Crippen LogP contribution is -1.91. The third-order valence-electron chi connectivity index (χ3n) is 2.45. The minimum atomic E-state index is 0.252. The van der Waals surface area contributed by atoms with Crippen LogP contribution in [0.2, 0.25) is 20.1 Å². The highest BCUT2D eigenvalue weighted by Gasteiger charge is 2.13. The Kier molecular flexibility index (Phi) is 4.54. The Morgan fingerprint density at radius 1 is 0.947 bits per heavy atom. The number of hydrogen-bond acceptors (Lipinski definition) is 2. The first-order chi connectivity index (χ1) is 9.02. The fourth-order valence-electron chi connectivity index (χ4n) is 1.57. The molecule has 0 atom stereocenters. The Morgan fingerprint density at radius 2 is 1.63 bits per heavy atom. The van der Waals surface area contributed by atoms with E-state index in [1.54, 1.807) is 24.4 Å². The van der Waals surface area contributed by atoms with Gasteiger partial charge in [0.1, 0.15) is 0 Å². The van der Waals surface area contributed by atoms with Gasteiger partial charge in [-0.15, -0.1) is 0 Å². The molecule has 0 N–H and O–H groups in total. The van der Waals surface area contributed by atoms with Crippen LogP contribution in [-0.2, 0) is 6.42 Å². The van der Waals surface area contributed by atoms with E-state index in [4.69, 9.17) is 51.7 Å². The molecule has 0 aliphatic carbocycles.